The van der Waals surface area contributed by atoms with Gasteiger partial charge in [0.15, 0.2) is 0 Å². The number of benzene rings is 3. The Hall–Kier alpha value is -3.17. The fraction of sp³-hybridized carbons (Fsp3) is 0.355. The van der Waals surface area contributed by atoms with E-state index in [0.717, 1.165) is 46.7 Å². The largest absolute Gasteiger partial charge is 0.352 e. The molecule has 1 unspecified atom stereocenters. The van der Waals surface area contributed by atoms with E-state index < -0.39 is 28.5 Å². The first-order valence-corrected chi connectivity index (χ1v) is 15.8. The van der Waals surface area contributed by atoms with Crippen LogP contribution in [0.2, 0.25) is 0 Å². The molecule has 7 nitrogen and oxygen atoms in total. The number of rotatable bonds is 10. The highest BCUT2D eigenvalue weighted by atomic mass is 79.9. The molecule has 0 radical (unpaired) electrons. The second-order valence-corrected chi connectivity index (χ2v) is 13.3. The van der Waals surface area contributed by atoms with E-state index >= 15 is 0 Å². The van der Waals surface area contributed by atoms with Crippen molar-refractivity contribution in [2.45, 2.75) is 70.0 Å². The Morgan fingerprint density at radius 2 is 1.62 bits per heavy atom. The van der Waals surface area contributed by atoms with Crippen LogP contribution in [0.5, 0.6) is 0 Å². The standard InChI is InChI=1S/C31H36BrN3O4S/c1-22-14-16-29(17-15-22)40(38,39)35(28-13-7-10-26(32)19-28)21-30(36)34(20-25-9-6-8-23(2)18-25)24(3)31(37)33-27-11-4-5-12-27/h6-10,13-19,24,27H,4-5,11-12,20-21H2,1-3H3,(H,33,37). The smallest absolute Gasteiger partial charge is 0.264 e. The third-order valence-electron chi connectivity index (χ3n) is 7.29. The molecule has 0 saturated heterocycles. The number of hydrogen-bond donors (Lipinski definition) is 1. The van der Waals surface area contributed by atoms with Crippen molar-refractivity contribution in [3.8, 4) is 0 Å². The maximum absolute atomic E-state index is 14.0. The Morgan fingerprint density at radius 3 is 2.27 bits per heavy atom. The highest BCUT2D eigenvalue weighted by Crippen LogP contribution is 2.27. The van der Waals surface area contributed by atoms with Crippen molar-refractivity contribution in [3.63, 3.8) is 0 Å². The molecule has 9 heteroatoms. The summed E-state index contributed by atoms with van der Waals surface area (Å²) in [7, 11) is -4.10. The molecule has 1 aliphatic rings. The van der Waals surface area contributed by atoms with Gasteiger partial charge in [0.1, 0.15) is 12.6 Å². The highest BCUT2D eigenvalue weighted by molar-refractivity contribution is 9.10. The molecule has 1 atom stereocenters. The van der Waals surface area contributed by atoms with Gasteiger partial charge in [0, 0.05) is 17.1 Å². The minimum Gasteiger partial charge on any atom is -0.352 e. The number of carbonyl (C=O) groups excluding carboxylic acids is 2. The first kappa shape index (κ1) is 29.8. The van der Waals surface area contributed by atoms with Crippen LogP contribution in [-0.4, -0.2) is 43.8 Å². The zero-order valence-corrected chi connectivity index (χ0v) is 25.5. The molecule has 0 spiro atoms. The van der Waals surface area contributed by atoms with Crippen molar-refractivity contribution in [2.75, 3.05) is 10.8 Å². The van der Waals surface area contributed by atoms with E-state index in [-0.39, 0.29) is 23.4 Å². The third kappa shape index (κ3) is 7.31. The van der Waals surface area contributed by atoms with Crippen molar-refractivity contribution >= 4 is 43.5 Å². The number of nitrogens with zero attached hydrogens (tertiary/aromatic N) is 2. The van der Waals surface area contributed by atoms with Crippen molar-refractivity contribution in [1.82, 2.24) is 10.2 Å². The summed E-state index contributed by atoms with van der Waals surface area (Å²) in [6.45, 7) is 5.27. The predicted molar refractivity (Wildman–Crippen MR) is 161 cm³/mol. The minimum absolute atomic E-state index is 0.0862. The van der Waals surface area contributed by atoms with E-state index in [1.54, 1.807) is 55.5 Å². The van der Waals surface area contributed by atoms with Gasteiger partial charge >= 0.3 is 0 Å². The molecule has 0 aromatic heterocycles. The molecular formula is C31H36BrN3O4S. The van der Waals surface area contributed by atoms with Crippen LogP contribution in [0.1, 0.15) is 49.3 Å². The van der Waals surface area contributed by atoms with E-state index in [0.29, 0.717) is 10.2 Å². The SMILES string of the molecule is Cc1ccc(S(=O)(=O)N(CC(=O)N(Cc2cccc(C)c2)C(C)C(=O)NC2CCCC2)c2cccc(Br)c2)cc1. The van der Waals surface area contributed by atoms with E-state index in [1.165, 1.54) is 4.90 Å². The van der Waals surface area contributed by atoms with Gasteiger partial charge in [-0.2, -0.15) is 0 Å². The van der Waals surface area contributed by atoms with Crippen molar-refractivity contribution in [2.24, 2.45) is 0 Å². The van der Waals surface area contributed by atoms with Crippen LogP contribution in [0.25, 0.3) is 0 Å². The molecule has 40 heavy (non-hydrogen) atoms. The lowest BCUT2D eigenvalue weighted by atomic mass is 10.1. The van der Waals surface area contributed by atoms with E-state index in [1.807, 2.05) is 38.1 Å². The highest BCUT2D eigenvalue weighted by Gasteiger charge is 2.33. The third-order valence-corrected chi connectivity index (χ3v) is 9.57. The number of hydrogen-bond acceptors (Lipinski definition) is 4. The zero-order chi connectivity index (χ0) is 28.9. The van der Waals surface area contributed by atoms with Crippen LogP contribution in [0.4, 0.5) is 5.69 Å². The van der Waals surface area contributed by atoms with Gasteiger partial charge in [0.2, 0.25) is 11.8 Å². The first-order chi connectivity index (χ1) is 19.0. The summed E-state index contributed by atoms with van der Waals surface area (Å²) in [5.41, 5.74) is 3.17. The van der Waals surface area contributed by atoms with Crippen molar-refractivity contribution in [1.29, 1.82) is 0 Å². The lowest BCUT2D eigenvalue weighted by Crippen LogP contribution is -2.52. The van der Waals surface area contributed by atoms with E-state index in [9.17, 15) is 18.0 Å². The topological polar surface area (TPSA) is 86.8 Å². The van der Waals surface area contributed by atoms with Gasteiger partial charge < -0.3 is 10.2 Å². The molecule has 0 aliphatic heterocycles. The van der Waals surface area contributed by atoms with Gasteiger partial charge in [-0.1, -0.05) is 82.4 Å². The number of carbonyl (C=O) groups is 2. The van der Waals surface area contributed by atoms with E-state index in [4.69, 9.17) is 0 Å². The van der Waals surface area contributed by atoms with Crippen molar-refractivity contribution < 1.29 is 18.0 Å². The summed E-state index contributed by atoms with van der Waals surface area (Å²) < 4.78 is 29.6. The molecule has 2 amide bonds. The number of sulfonamides is 1. The van der Waals surface area contributed by atoms with Crippen LogP contribution in [0.15, 0.2) is 82.2 Å². The maximum atomic E-state index is 14.0. The average Bonchev–Trinajstić information content (AvgIpc) is 3.43. The van der Waals surface area contributed by atoms with Crippen molar-refractivity contribution in [3.05, 3.63) is 94.0 Å². The molecule has 1 aliphatic carbocycles. The van der Waals surface area contributed by atoms with Crippen LogP contribution >= 0.6 is 15.9 Å². The molecule has 3 aromatic rings. The molecule has 0 bridgehead atoms. The minimum atomic E-state index is -4.10. The second kappa shape index (κ2) is 13.0. The van der Waals surface area contributed by atoms with E-state index in [2.05, 4.69) is 21.2 Å². The quantitative estimate of drug-likeness (QED) is 0.311. The number of halogens is 1. The second-order valence-electron chi connectivity index (χ2n) is 10.5. The van der Waals surface area contributed by atoms with Gasteiger partial charge in [0.25, 0.3) is 10.0 Å². The fourth-order valence-corrected chi connectivity index (χ4v) is 6.77. The van der Waals surface area contributed by atoms with Gasteiger partial charge in [-0.15, -0.1) is 0 Å². The number of anilines is 1. The summed E-state index contributed by atoms with van der Waals surface area (Å²) in [4.78, 5) is 28.9. The average molecular weight is 627 g/mol. The van der Waals surface area contributed by atoms with Crippen LogP contribution in [0.3, 0.4) is 0 Å². The number of amides is 2. The fourth-order valence-electron chi connectivity index (χ4n) is 4.98. The maximum Gasteiger partial charge on any atom is 0.264 e. The number of aryl methyl sites for hydroxylation is 2. The summed E-state index contributed by atoms with van der Waals surface area (Å²) in [6, 6.07) is 20.5. The molecule has 1 N–H and O–H groups in total. The van der Waals surface area contributed by atoms with Gasteiger partial charge in [0.05, 0.1) is 10.6 Å². The lowest BCUT2D eigenvalue weighted by Gasteiger charge is -2.32. The molecular weight excluding hydrogens is 590 g/mol. The lowest BCUT2D eigenvalue weighted by molar-refractivity contribution is -0.139. The zero-order valence-electron chi connectivity index (χ0n) is 23.1. The molecule has 4 rings (SSSR count). The summed E-state index contributed by atoms with van der Waals surface area (Å²) >= 11 is 3.42. The Bertz CT molecular complexity index is 1450. The molecule has 3 aromatic carbocycles. The van der Waals surface area contributed by atoms with Gasteiger partial charge in [-0.3, -0.25) is 13.9 Å². The molecule has 212 valence electrons. The van der Waals surface area contributed by atoms with Crippen LogP contribution in [-0.2, 0) is 26.2 Å². The Labute approximate surface area is 245 Å². The number of nitrogens with one attached hydrogen (secondary N) is 1. The summed E-state index contributed by atoms with van der Waals surface area (Å²) in [6.07, 6.45) is 4.00. The molecule has 1 saturated carbocycles. The normalized spacial score (nSPS) is 14.5. The van der Waals surface area contributed by atoms with Crippen LogP contribution < -0.4 is 9.62 Å². The Morgan fingerprint density at radius 1 is 0.950 bits per heavy atom. The Balaban J connectivity index is 1.69. The summed E-state index contributed by atoms with van der Waals surface area (Å²) in [5.74, 6) is -0.699. The van der Waals surface area contributed by atoms with Gasteiger partial charge in [-0.25, -0.2) is 8.42 Å². The Kier molecular flexibility index (Phi) is 9.68. The summed E-state index contributed by atoms with van der Waals surface area (Å²) in [5, 5.41) is 3.09. The monoisotopic (exact) mass is 625 g/mol. The van der Waals surface area contributed by atoms with Crippen LogP contribution in [0, 0.1) is 13.8 Å². The van der Waals surface area contributed by atoms with Gasteiger partial charge in [-0.05, 0) is 69.5 Å². The molecule has 0 heterocycles. The molecule has 1 fully saturated rings. The predicted octanol–water partition coefficient (Wildman–Crippen LogP) is 5.74. The first-order valence-electron chi connectivity index (χ1n) is 13.5.